The number of hydrogen-bond donors (Lipinski definition) is 2. The van der Waals surface area contributed by atoms with Crippen molar-refractivity contribution in [2.75, 3.05) is 12.3 Å². The molecule has 0 saturated carbocycles. The summed E-state index contributed by atoms with van der Waals surface area (Å²) in [6.45, 7) is 2.75. The first-order chi connectivity index (χ1) is 7.63. The molecule has 0 aliphatic rings. The van der Waals surface area contributed by atoms with Gasteiger partial charge in [-0.1, -0.05) is 30.1 Å². The lowest BCUT2D eigenvalue weighted by Gasteiger charge is -2.19. The quantitative estimate of drug-likeness (QED) is 0.738. The molecular weight excluding hydrogens is 226 g/mol. The Balaban J connectivity index is 2.68. The normalized spacial score (nSPS) is 14.6. The summed E-state index contributed by atoms with van der Waals surface area (Å²) in [4.78, 5) is 0. The fourth-order valence-corrected chi connectivity index (χ4v) is 1.98. The molecule has 0 fully saturated rings. The molecule has 0 spiro atoms. The zero-order valence-corrected chi connectivity index (χ0v) is 10.00. The maximum Gasteiger partial charge on any atom is 0.115 e. The van der Waals surface area contributed by atoms with Crippen molar-refractivity contribution < 1.29 is 13.9 Å². The van der Waals surface area contributed by atoms with E-state index in [9.17, 15) is 8.76 Å². The maximum absolute atomic E-state index is 10.5. The lowest BCUT2D eigenvalue weighted by Crippen LogP contribution is -2.22. The van der Waals surface area contributed by atoms with E-state index in [-0.39, 0.29) is 17.5 Å². The highest BCUT2D eigenvalue weighted by Crippen LogP contribution is 2.19. The zero-order chi connectivity index (χ0) is 12.0. The van der Waals surface area contributed by atoms with Crippen LogP contribution in [0.3, 0.4) is 0 Å². The average Bonchev–Trinajstić information content (AvgIpc) is 2.25. The van der Waals surface area contributed by atoms with Crippen molar-refractivity contribution in [2.24, 2.45) is 0 Å². The van der Waals surface area contributed by atoms with Crippen LogP contribution in [0.5, 0.6) is 5.75 Å². The molecule has 0 aliphatic carbocycles. The lowest BCUT2D eigenvalue weighted by molar-refractivity contribution is 0.473. The Hall–Kier alpha value is -0.910. The summed E-state index contributed by atoms with van der Waals surface area (Å²) in [5.74, 6) is 0.352. The van der Waals surface area contributed by atoms with Crippen LogP contribution in [0.1, 0.15) is 24.9 Å². The van der Waals surface area contributed by atoms with Gasteiger partial charge in [-0.3, -0.25) is 4.21 Å². The van der Waals surface area contributed by atoms with Crippen LogP contribution >= 0.6 is 0 Å². The predicted octanol–water partition coefficient (Wildman–Crippen LogP) is 1.31. The third-order valence-electron chi connectivity index (χ3n) is 2.32. The molecule has 2 N–H and O–H groups in total. The van der Waals surface area contributed by atoms with Gasteiger partial charge in [-0.25, -0.2) is 0 Å². The van der Waals surface area contributed by atoms with Gasteiger partial charge in [-0.05, 0) is 30.7 Å². The molecule has 4 nitrogen and oxygen atoms in total. The number of benzene rings is 1. The number of rotatable bonds is 6. The molecule has 0 bridgehead atoms. The van der Waals surface area contributed by atoms with E-state index in [1.54, 1.807) is 24.3 Å². The van der Waals surface area contributed by atoms with E-state index in [0.29, 0.717) is 6.42 Å². The van der Waals surface area contributed by atoms with Crippen molar-refractivity contribution in [2.45, 2.75) is 19.4 Å². The second kappa shape index (κ2) is 6.62. The third-order valence-corrected chi connectivity index (χ3v) is 2.89. The molecule has 5 heteroatoms. The molecule has 0 aromatic heterocycles. The molecule has 0 amide bonds. The molecular formula is C11H16NO3S-. The van der Waals surface area contributed by atoms with E-state index < -0.39 is 11.1 Å². The molecule has 1 rings (SSSR count). The Morgan fingerprint density at radius 2 is 2.06 bits per heavy atom. The molecule has 0 heterocycles. The van der Waals surface area contributed by atoms with E-state index in [2.05, 4.69) is 5.32 Å². The predicted molar refractivity (Wildman–Crippen MR) is 62.9 cm³/mol. The fraction of sp³-hybridized carbons (Fsp3) is 0.455. The van der Waals surface area contributed by atoms with Crippen molar-refractivity contribution in [3.8, 4) is 5.75 Å². The van der Waals surface area contributed by atoms with Crippen LogP contribution < -0.4 is 5.32 Å². The average molecular weight is 242 g/mol. The van der Waals surface area contributed by atoms with E-state index in [1.165, 1.54) is 0 Å². The summed E-state index contributed by atoms with van der Waals surface area (Å²) in [6, 6.07) is 6.83. The number of phenols is 1. The number of aromatic hydroxyl groups is 1. The number of nitrogens with one attached hydrogen (secondary N) is 1. The van der Waals surface area contributed by atoms with Gasteiger partial charge >= 0.3 is 0 Å². The Labute approximate surface area is 98.0 Å². The minimum Gasteiger partial charge on any atom is -0.772 e. The second-order valence-electron chi connectivity index (χ2n) is 3.50. The first-order valence-electron chi connectivity index (χ1n) is 5.21. The summed E-state index contributed by atoms with van der Waals surface area (Å²) in [7, 11) is 0. The molecule has 0 saturated heterocycles. The zero-order valence-electron chi connectivity index (χ0n) is 9.18. The summed E-state index contributed by atoms with van der Waals surface area (Å²) >= 11 is -2.01. The van der Waals surface area contributed by atoms with Crippen LogP contribution in [-0.4, -0.2) is 26.2 Å². The Kier molecular flexibility index (Phi) is 5.45. The molecule has 0 radical (unpaired) electrons. The van der Waals surface area contributed by atoms with Gasteiger partial charge in [0.05, 0.1) is 0 Å². The van der Waals surface area contributed by atoms with Crippen molar-refractivity contribution in [3.05, 3.63) is 29.8 Å². The van der Waals surface area contributed by atoms with Crippen molar-refractivity contribution in [1.82, 2.24) is 5.32 Å². The summed E-state index contributed by atoms with van der Waals surface area (Å²) in [6.07, 6.45) is 0.536. The molecule has 0 aliphatic heterocycles. The molecule has 16 heavy (non-hydrogen) atoms. The first kappa shape index (κ1) is 13.2. The van der Waals surface area contributed by atoms with Crippen LogP contribution in [0, 0.1) is 0 Å². The molecule has 1 aromatic rings. The first-order valence-corrected chi connectivity index (χ1v) is 6.46. The number of hydrogen-bond acceptors (Lipinski definition) is 4. The Bertz CT molecular complexity index is 340. The molecule has 2 unspecified atom stereocenters. The SMILES string of the molecule is CCNC(CCS(=O)[O-])c1ccc(O)cc1. The largest absolute Gasteiger partial charge is 0.772 e. The lowest BCUT2D eigenvalue weighted by atomic mass is 10.0. The van der Waals surface area contributed by atoms with Crippen LogP contribution in [0.4, 0.5) is 0 Å². The summed E-state index contributed by atoms with van der Waals surface area (Å²) in [5, 5.41) is 12.4. The van der Waals surface area contributed by atoms with Crippen LogP contribution in [-0.2, 0) is 11.1 Å². The van der Waals surface area contributed by atoms with E-state index in [4.69, 9.17) is 5.11 Å². The minimum atomic E-state index is -2.01. The highest BCUT2D eigenvalue weighted by atomic mass is 32.2. The Morgan fingerprint density at radius 1 is 1.44 bits per heavy atom. The summed E-state index contributed by atoms with van der Waals surface area (Å²) in [5.41, 5.74) is 0.991. The van der Waals surface area contributed by atoms with Gasteiger partial charge in [0.15, 0.2) is 0 Å². The standard InChI is InChI=1S/C11H17NO3S/c1-2-12-11(7-8-16(14)15)9-3-5-10(13)6-4-9/h3-6,11-13H,2,7-8H2,1H3,(H,14,15)/p-1. The van der Waals surface area contributed by atoms with Crippen LogP contribution in [0.15, 0.2) is 24.3 Å². The Morgan fingerprint density at radius 3 is 2.56 bits per heavy atom. The van der Waals surface area contributed by atoms with Gasteiger partial charge < -0.3 is 15.0 Å². The molecule has 90 valence electrons. The third kappa shape index (κ3) is 4.30. The molecule has 1 aromatic carbocycles. The smallest absolute Gasteiger partial charge is 0.115 e. The van der Waals surface area contributed by atoms with Gasteiger partial charge in [0.2, 0.25) is 0 Å². The van der Waals surface area contributed by atoms with E-state index in [1.807, 2.05) is 6.92 Å². The fourth-order valence-electron chi connectivity index (χ4n) is 1.55. The van der Waals surface area contributed by atoms with Gasteiger partial charge in [0, 0.05) is 11.8 Å². The highest BCUT2D eigenvalue weighted by molar-refractivity contribution is 7.79. The summed E-state index contributed by atoms with van der Waals surface area (Å²) < 4.78 is 21.1. The van der Waals surface area contributed by atoms with Crippen LogP contribution in [0.25, 0.3) is 0 Å². The highest BCUT2D eigenvalue weighted by Gasteiger charge is 2.09. The number of phenolic OH excluding ortho intramolecular Hbond substituents is 1. The maximum atomic E-state index is 10.5. The second-order valence-corrected chi connectivity index (χ2v) is 4.51. The van der Waals surface area contributed by atoms with Gasteiger partial charge in [0.1, 0.15) is 5.75 Å². The van der Waals surface area contributed by atoms with Gasteiger partial charge in [-0.15, -0.1) is 0 Å². The van der Waals surface area contributed by atoms with Gasteiger partial charge in [-0.2, -0.15) is 0 Å². The van der Waals surface area contributed by atoms with Crippen molar-refractivity contribution in [3.63, 3.8) is 0 Å². The van der Waals surface area contributed by atoms with Crippen molar-refractivity contribution >= 4 is 11.1 Å². The van der Waals surface area contributed by atoms with Gasteiger partial charge in [0.25, 0.3) is 0 Å². The van der Waals surface area contributed by atoms with E-state index >= 15 is 0 Å². The molecule has 2 atom stereocenters. The van der Waals surface area contributed by atoms with Crippen LogP contribution in [0.2, 0.25) is 0 Å². The minimum absolute atomic E-state index is 0.0171. The van der Waals surface area contributed by atoms with E-state index in [0.717, 1.165) is 12.1 Å². The monoisotopic (exact) mass is 242 g/mol. The topological polar surface area (TPSA) is 72.4 Å². The van der Waals surface area contributed by atoms with Crippen molar-refractivity contribution in [1.29, 1.82) is 0 Å².